The molecule has 19 heavy (non-hydrogen) atoms. The Hall–Kier alpha value is -1.33. The third kappa shape index (κ3) is 6.40. The van der Waals surface area contributed by atoms with E-state index in [1.54, 1.807) is 11.3 Å². The van der Waals surface area contributed by atoms with Crippen LogP contribution >= 0.6 is 11.3 Å². The van der Waals surface area contributed by atoms with Crippen LogP contribution in [0, 0.1) is 29.1 Å². The van der Waals surface area contributed by atoms with Crippen molar-refractivity contribution in [2.45, 2.75) is 26.8 Å². The molecule has 1 aromatic rings. The molecule has 0 unspecified atom stereocenters. The van der Waals surface area contributed by atoms with Gasteiger partial charge in [-0.3, -0.25) is 4.90 Å². The Labute approximate surface area is 120 Å². The minimum absolute atomic E-state index is 0.396. The molecule has 0 aromatic carbocycles. The van der Waals surface area contributed by atoms with E-state index in [9.17, 15) is 0 Å². The maximum atomic E-state index is 8.71. The molecule has 0 fully saturated rings. The smallest absolute Gasteiger partial charge is 0.0635 e. The number of nitrogens with two attached hydrogens (primary N) is 1. The molecule has 0 spiro atoms. The van der Waals surface area contributed by atoms with Crippen LogP contribution in [0.3, 0.4) is 0 Å². The van der Waals surface area contributed by atoms with Crippen LogP contribution in [-0.4, -0.2) is 24.5 Å². The molecule has 1 heterocycles. The Morgan fingerprint density at radius 1 is 1.47 bits per heavy atom. The van der Waals surface area contributed by atoms with Crippen molar-refractivity contribution < 1.29 is 0 Å². The van der Waals surface area contributed by atoms with Crippen molar-refractivity contribution in [3.63, 3.8) is 0 Å². The quantitative estimate of drug-likeness (QED) is 0.811. The van der Waals surface area contributed by atoms with Crippen molar-refractivity contribution in [1.29, 1.82) is 5.26 Å². The summed E-state index contributed by atoms with van der Waals surface area (Å²) in [5.41, 5.74) is 6.40. The highest BCUT2D eigenvalue weighted by Crippen LogP contribution is 2.17. The number of nitriles is 1. The van der Waals surface area contributed by atoms with E-state index in [1.165, 1.54) is 4.88 Å². The molecular weight excluding hydrogens is 254 g/mol. The fourth-order valence-electron chi connectivity index (χ4n) is 1.86. The molecule has 0 aliphatic rings. The molecule has 102 valence electrons. The minimum atomic E-state index is 0.396. The second-order valence-corrected chi connectivity index (χ2v) is 5.84. The highest BCUT2D eigenvalue weighted by Gasteiger charge is 2.09. The van der Waals surface area contributed by atoms with Gasteiger partial charge in [0.1, 0.15) is 0 Å². The molecule has 0 amide bonds. The predicted molar refractivity (Wildman–Crippen MR) is 80.6 cm³/mol. The zero-order valence-corrected chi connectivity index (χ0v) is 12.5. The first-order chi connectivity index (χ1) is 9.15. The minimum Gasteiger partial charge on any atom is -0.320 e. The van der Waals surface area contributed by atoms with Crippen LogP contribution in [-0.2, 0) is 6.54 Å². The molecule has 0 saturated heterocycles. The lowest BCUT2D eigenvalue weighted by Crippen LogP contribution is -2.27. The van der Waals surface area contributed by atoms with Gasteiger partial charge in [-0.2, -0.15) is 5.26 Å². The van der Waals surface area contributed by atoms with Gasteiger partial charge in [-0.1, -0.05) is 25.7 Å². The first kappa shape index (κ1) is 15.7. The molecule has 1 rings (SSSR count). The van der Waals surface area contributed by atoms with Gasteiger partial charge in [-0.15, -0.1) is 11.3 Å². The normalized spacial score (nSPS) is 10.3. The Balaban J connectivity index is 2.62. The Morgan fingerprint density at radius 2 is 2.26 bits per heavy atom. The summed E-state index contributed by atoms with van der Waals surface area (Å²) in [5, 5.41) is 10.8. The van der Waals surface area contributed by atoms with Crippen LogP contribution in [0.4, 0.5) is 0 Å². The van der Waals surface area contributed by atoms with Gasteiger partial charge in [-0.25, -0.2) is 0 Å². The van der Waals surface area contributed by atoms with Gasteiger partial charge in [0.15, 0.2) is 0 Å². The number of thiophene rings is 1. The lowest BCUT2D eigenvalue weighted by Gasteiger charge is -2.22. The van der Waals surface area contributed by atoms with Crippen LogP contribution in [0.15, 0.2) is 11.4 Å². The van der Waals surface area contributed by atoms with Crippen molar-refractivity contribution >= 4 is 11.3 Å². The fourth-order valence-corrected chi connectivity index (χ4v) is 2.72. The molecule has 0 aliphatic carbocycles. The molecule has 2 N–H and O–H groups in total. The zero-order valence-electron chi connectivity index (χ0n) is 11.6. The monoisotopic (exact) mass is 275 g/mol. The summed E-state index contributed by atoms with van der Waals surface area (Å²) in [6.45, 7) is 7.54. The molecule has 0 atom stereocenters. The molecule has 0 aliphatic heterocycles. The van der Waals surface area contributed by atoms with Crippen LogP contribution < -0.4 is 5.73 Å². The largest absolute Gasteiger partial charge is 0.320 e. The number of hydrogen-bond acceptors (Lipinski definition) is 4. The third-order valence-electron chi connectivity index (χ3n) is 2.53. The van der Waals surface area contributed by atoms with E-state index in [0.29, 0.717) is 18.9 Å². The van der Waals surface area contributed by atoms with Crippen molar-refractivity contribution in [1.82, 2.24) is 4.90 Å². The molecule has 0 bridgehead atoms. The molecular formula is C15H21N3S. The summed E-state index contributed by atoms with van der Waals surface area (Å²) < 4.78 is 0. The summed E-state index contributed by atoms with van der Waals surface area (Å²) in [4.78, 5) is 3.62. The highest BCUT2D eigenvalue weighted by molar-refractivity contribution is 7.10. The van der Waals surface area contributed by atoms with Gasteiger partial charge in [0.25, 0.3) is 0 Å². The molecule has 0 radical (unpaired) electrons. The topological polar surface area (TPSA) is 53.0 Å². The van der Waals surface area contributed by atoms with Crippen molar-refractivity contribution in [3.05, 3.63) is 21.9 Å². The van der Waals surface area contributed by atoms with E-state index in [4.69, 9.17) is 11.0 Å². The maximum Gasteiger partial charge on any atom is 0.0635 e. The first-order valence-corrected chi connectivity index (χ1v) is 7.39. The van der Waals surface area contributed by atoms with Gasteiger partial charge >= 0.3 is 0 Å². The van der Waals surface area contributed by atoms with Crippen LogP contribution in [0.25, 0.3) is 0 Å². The van der Waals surface area contributed by atoms with E-state index >= 15 is 0 Å². The van der Waals surface area contributed by atoms with Crippen LogP contribution in [0.1, 0.15) is 30.7 Å². The van der Waals surface area contributed by atoms with Crippen LogP contribution in [0.5, 0.6) is 0 Å². The number of hydrogen-bond donors (Lipinski definition) is 1. The SMILES string of the molecule is CC(C)CN(CCC#N)Cc1cc(C#CCN)cs1. The standard InChI is InChI=1S/C15H21N3S/c1-13(2)10-18(8-4-7-17)11-15-9-14(12-19-15)5-3-6-16/h9,12-13H,4,6,8,10-11,16H2,1-2H3. The van der Waals surface area contributed by atoms with Crippen molar-refractivity contribution in [2.24, 2.45) is 11.7 Å². The average Bonchev–Trinajstić information content (AvgIpc) is 2.80. The summed E-state index contributed by atoms with van der Waals surface area (Å²) in [6, 6.07) is 4.33. The summed E-state index contributed by atoms with van der Waals surface area (Å²) in [7, 11) is 0. The second-order valence-electron chi connectivity index (χ2n) is 4.84. The van der Waals surface area contributed by atoms with Crippen molar-refractivity contribution in [2.75, 3.05) is 19.6 Å². The van der Waals surface area contributed by atoms with Gasteiger partial charge in [0.05, 0.1) is 12.6 Å². The summed E-state index contributed by atoms with van der Waals surface area (Å²) >= 11 is 1.72. The number of nitrogens with zero attached hydrogens (tertiary/aromatic N) is 2. The average molecular weight is 275 g/mol. The van der Waals surface area contributed by atoms with E-state index in [2.05, 4.69) is 48.1 Å². The van der Waals surface area contributed by atoms with Gasteiger partial charge in [-0.05, 0) is 12.0 Å². The lowest BCUT2D eigenvalue weighted by atomic mass is 10.2. The second kappa shape index (κ2) is 8.72. The van der Waals surface area contributed by atoms with Crippen LogP contribution in [0.2, 0.25) is 0 Å². The fraction of sp³-hybridized carbons (Fsp3) is 0.533. The third-order valence-corrected chi connectivity index (χ3v) is 3.45. The Bertz CT molecular complexity index is 474. The zero-order chi connectivity index (χ0) is 14.1. The van der Waals surface area contributed by atoms with E-state index in [1.807, 2.05) is 0 Å². The van der Waals surface area contributed by atoms with E-state index in [-0.39, 0.29) is 0 Å². The summed E-state index contributed by atoms with van der Waals surface area (Å²) in [6.07, 6.45) is 0.581. The lowest BCUT2D eigenvalue weighted by molar-refractivity contribution is 0.243. The Morgan fingerprint density at radius 3 is 2.89 bits per heavy atom. The first-order valence-electron chi connectivity index (χ1n) is 6.51. The van der Waals surface area contributed by atoms with E-state index < -0.39 is 0 Å². The molecule has 4 heteroatoms. The highest BCUT2D eigenvalue weighted by atomic mass is 32.1. The Kier molecular flexibility index (Phi) is 7.22. The van der Waals surface area contributed by atoms with Gasteiger partial charge < -0.3 is 5.73 Å². The van der Waals surface area contributed by atoms with Gasteiger partial charge in [0.2, 0.25) is 0 Å². The van der Waals surface area contributed by atoms with Gasteiger partial charge in [0, 0.05) is 41.9 Å². The molecule has 3 nitrogen and oxygen atoms in total. The van der Waals surface area contributed by atoms with Crippen molar-refractivity contribution in [3.8, 4) is 17.9 Å². The van der Waals surface area contributed by atoms with E-state index in [0.717, 1.165) is 25.2 Å². The summed E-state index contributed by atoms with van der Waals surface area (Å²) in [5.74, 6) is 6.52. The molecule has 1 aromatic heterocycles. The predicted octanol–water partition coefficient (Wildman–Crippen LogP) is 2.43. The maximum absolute atomic E-state index is 8.71. The molecule has 0 saturated carbocycles. The number of rotatable bonds is 6.